The fraction of sp³-hybridized carbons (Fsp3) is 0.450. The molecule has 1 fully saturated rings. The van der Waals surface area contributed by atoms with Gasteiger partial charge in [0.2, 0.25) is 0 Å². The molecular formula is C20H24N2O3. The Labute approximate surface area is 148 Å². The number of fused-ring (bicyclic) bond motifs is 4. The third-order valence-corrected chi connectivity index (χ3v) is 4.77. The normalized spacial score (nSPS) is 18.1. The maximum atomic E-state index is 6.32. The number of hydrogen-bond donors (Lipinski definition) is 1. The second-order valence-electron chi connectivity index (χ2n) is 7.37. The predicted octanol–water partition coefficient (Wildman–Crippen LogP) is 3.12. The molecule has 0 aliphatic carbocycles. The Bertz CT molecular complexity index is 771. The molecule has 2 aliphatic rings. The molecule has 0 unspecified atom stereocenters. The first-order valence-electron chi connectivity index (χ1n) is 8.81. The molecule has 2 N–H and O–H groups in total. The second-order valence-corrected chi connectivity index (χ2v) is 7.37. The van der Waals surface area contributed by atoms with Crippen LogP contribution in [0.3, 0.4) is 0 Å². The van der Waals surface area contributed by atoms with Gasteiger partial charge in [0.1, 0.15) is 18.1 Å². The third kappa shape index (κ3) is 2.98. The lowest BCUT2D eigenvalue weighted by Gasteiger charge is -2.45. The number of benzene rings is 1. The first-order valence-corrected chi connectivity index (χ1v) is 8.81. The predicted molar refractivity (Wildman–Crippen MR) is 95.7 cm³/mol. The minimum atomic E-state index is -0.413. The van der Waals surface area contributed by atoms with Gasteiger partial charge >= 0.3 is 0 Å². The summed E-state index contributed by atoms with van der Waals surface area (Å²) in [5.41, 5.74) is 9.02. The number of nitrogens with zero attached hydrogens (tertiary/aromatic N) is 1. The summed E-state index contributed by atoms with van der Waals surface area (Å²) in [7, 11) is 0. The summed E-state index contributed by atoms with van der Waals surface area (Å²) < 4.78 is 17.6. The molecule has 1 atom stereocenters. The summed E-state index contributed by atoms with van der Waals surface area (Å²) in [6.45, 7) is 5.94. The summed E-state index contributed by atoms with van der Waals surface area (Å²) in [5, 5.41) is 0. The van der Waals surface area contributed by atoms with Crippen LogP contribution in [-0.2, 0) is 10.3 Å². The van der Waals surface area contributed by atoms with Crippen LogP contribution in [-0.4, -0.2) is 30.8 Å². The molecule has 1 aromatic carbocycles. The lowest BCUT2D eigenvalue weighted by atomic mass is 9.84. The molecule has 0 saturated carbocycles. The Morgan fingerprint density at radius 1 is 1.24 bits per heavy atom. The fourth-order valence-electron chi connectivity index (χ4n) is 3.54. The highest BCUT2D eigenvalue weighted by molar-refractivity contribution is 5.77. The largest absolute Gasteiger partial charge is 0.492 e. The van der Waals surface area contributed by atoms with E-state index in [9.17, 15) is 0 Å². The van der Waals surface area contributed by atoms with Crippen molar-refractivity contribution in [3.63, 3.8) is 0 Å². The van der Waals surface area contributed by atoms with Gasteiger partial charge in [-0.05, 0) is 36.1 Å². The molecule has 1 saturated heterocycles. The maximum Gasteiger partial charge on any atom is 0.182 e. The minimum absolute atomic E-state index is 0.0372. The molecule has 5 nitrogen and oxygen atoms in total. The average molecular weight is 340 g/mol. The van der Waals surface area contributed by atoms with Crippen LogP contribution in [0.1, 0.15) is 25.8 Å². The van der Waals surface area contributed by atoms with Crippen molar-refractivity contribution in [1.29, 1.82) is 0 Å². The monoisotopic (exact) mass is 340 g/mol. The van der Waals surface area contributed by atoms with Gasteiger partial charge in [0, 0.05) is 35.6 Å². The Morgan fingerprint density at radius 2 is 2.08 bits per heavy atom. The Kier molecular flexibility index (Phi) is 4.13. The van der Waals surface area contributed by atoms with E-state index in [4.69, 9.17) is 19.9 Å². The van der Waals surface area contributed by atoms with Crippen LogP contribution in [0.15, 0.2) is 36.7 Å². The van der Waals surface area contributed by atoms with Gasteiger partial charge in [-0.15, -0.1) is 0 Å². The highest BCUT2D eigenvalue weighted by Gasteiger charge is 2.47. The van der Waals surface area contributed by atoms with Gasteiger partial charge in [0.25, 0.3) is 0 Å². The zero-order valence-electron chi connectivity index (χ0n) is 14.7. The van der Waals surface area contributed by atoms with E-state index in [0.29, 0.717) is 25.7 Å². The lowest BCUT2D eigenvalue weighted by molar-refractivity contribution is -0.169. The van der Waals surface area contributed by atoms with Gasteiger partial charge in [-0.25, -0.2) is 0 Å². The van der Waals surface area contributed by atoms with Crippen molar-refractivity contribution in [2.24, 2.45) is 11.7 Å². The third-order valence-electron chi connectivity index (χ3n) is 4.77. The van der Waals surface area contributed by atoms with Crippen molar-refractivity contribution < 1.29 is 14.2 Å². The zero-order valence-corrected chi connectivity index (χ0v) is 14.7. The van der Waals surface area contributed by atoms with E-state index < -0.39 is 5.60 Å². The molecule has 3 heterocycles. The van der Waals surface area contributed by atoms with Crippen LogP contribution in [0.4, 0.5) is 0 Å². The van der Waals surface area contributed by atoms with Crippen molar-refractivity contribution in [2.45, 2.75) is 31.9 Å². The van der Waals surface area contributed by atoms with Crippen LogP contribution in [0, 0.1) is 5.92 Å². The molecule has 25 heavy (non-hydrogen) atoms. The van der Waals surface area contributed by atoms with Crippen LogP contribution in [0.25, 0.3) is 11.1 Å². The summed E-state index contributed by atoms with van der Waals surface area (Å²) >= 11 is 0. The van der Waals surface area contributed by atoms with Crippen molar-refractivity contribution in [1.82, 2.24) is 4.98 Å². The molecule has 1 spiro atoms. The molecule has 132 valence electrons. The number of nitrogens with two attached hydrogens (primary N) is 1. The van der Waals surface area contributed by atoms with Crippen molar-refractivity contribution in [3.8, 4) is 22.6 Å². The molecule has 2 aromatic rings. The molecule has 2 aliphatic heterocycles. The number of pyridine rings is 1. The molecule has 1 aromatic heterocycles. The molecule has 4 rings (SSSR count). The molecular weight excluding hydrogens is 316 g/mol. The van der Waals surface area contributed by atoms with Crippen LogP contribution in [0.2, 0.25) is 0 Å². The first kappa shape index (κ1) is 16.4. The van der Waals surface area contributed by atoms with E-state index in [1.807, 2.05) is 36.7 Å². The Balaban J connectivity index is 1.58. The quantitative estimate of drug-likeness (QED) is 0.906. The summed E-state index contributed by atoms with van der Waals surface area (Å²) in [6.07, 6.45) is 4.65. The van der Waals surface area contributed by atoms with Crippen molar-refractivity contribution >= 4 is 0 Å². The second kappa shape index (κ2) is 6.32. The summed E-state index contributed by atoms with van der Waals surface area (Å²) in [5.74, 6) is 2.18. The fourth-order valence-corrected chi connectivity index (χ4v) is 3.54. The number of aromatic nitrogens is 1. The first-order chi connectivity index (χ1) is 12.1. The number of rotatable bonds is 5. The highest BCUT2D eigenvalue weighted by atomic mass is 16.6. The van der Waals surface area contributed by atoms with Crippen LogP contribution in [0.5, 0.6) is 11.5 Å². The lowest BCUT2D eigenvalue weighted by Crippen LogP contribution is -2.53. The van der Waals surface area contributed by atoms with E-state index in [1.165, 1.54) is 0 Å². The standard InChI is InChI=1S/C20H24N2O3/c1-13(2)7-14(21)10-24-15-3-4-17-16-5-6-22-9-18(16)20(11-23-12-20)25-19(17)8-15/h3-6,8-9,13-14H,7,10-12,21H2,1-2H3/t14-/m0/s1. The van der Waals surface area contributed by atoms with Crippen molar-refractivity contribution in [2.75, 3.05) is 19.8 Å². The van der Waals surface area contributed by atoms with Crippen molar-refractivity contribution in [3.05, 3.63) is 42.2 Å². The van der Waals surface area contributed by atoms with Gasteiger partial charge in [0.15, 0.2) is 5.60 Å². The number of ether oxygens (including phenoxy) is 3. The van der Waals surface area contributed by atoms with Gasteiger partial charge in [-0.1, -0.05) is 13.8 Å². The molecule has 0 radical (unpaired) electrons. The van der Waals surface area contributed by atoms with Gasteiger partial charge in [0.05, 0.1) is 13.2 Å². The van der Waals surface area contributed by atoms with E-state index in [2.05, 4.69) is 18.8 Å². The van der Waals surface area contributed by atoms with Crippen LogP contribution < -0.4 is 15.2 Å². The van der Waals surface area contributed by atoms with E-state index >= 15 is 0 Å². The van der Waals surface area contributed by atoms with E-state index in [1.54, 1.807) is 0 Å². The SMILES string of the molecule is CC(C)C[C@H](N)COc1ccc2c(c1)OC1(COC1)c1cnccc1-2. The smallest absolute Gasteiger partial charge is 0.182 e. The summed E-state index contributed by atoms with van der Waals surface area (Å²) in [6, 6.07) is 8.06. The molecule has 0 amide bonds. The van der Waals surface area contributed by atoms with Gasteiger partial charge in [-0.2, -0.15) is 0 Å². The average Bonchev–Trinajstić information content (AvgIpc) is 2.57. The summed E-state index contributed by atoms with van der Waals surface area (Å²) in [4.78, 5) is 4.26. The topological polar surface area (TPSA) is 66.6 Å². The zero-order chi connectivity index (χ0) is 17.4. The van der Waals surface area contributed by atoms with Crippen LogP contribution >= 0.6 is 0 Å². The Morgan fingerprint density at radius 3 is 2.80 bits per heavy atom. The maximum absolute atomic E-state index is 6.32. The number of hydrogen-bond acceptors (Lipinski definition) is 5. The molecule has 0 bridgehead atoms. The van der Waals surface area contributed by atoms with E-state index in [-0.39, 0.29) is 6.04 Å². The Hall–Kier alpha value is -2.11. The molecule has 5 heteroatoms. The van der Waals surface area contributed by atoms with Gasteiger partial charge < -0.3 is 19.9 Å². The minimum Gasteiger partial charge on any atom is -0.492 e. The van der Waals surface area contributed by atoms with E-state index in [0.717, 1.165) is 34.6 Å². The van der Waals surface area contributed by atoms with Gasteiger partial charge in [-0.3, -0.25) is 4.98 Å². The highest BCUT2D eigenvalue weighted by Crippen LogP contribution is 2.48.